The molecule has 1 unspecified atom stereocenters. The molecule has 1 aliphatic rings. The van der Waals surface area contributed by atoms with Gasteiger partial charge in [0.05, 0.1) is 0 Å². The highest BCUT2D eigenvalue weighted by atomic mass is 79.9. The molecule has 0 aliphatic carbocycles. The summed E-state index contributed by atoms with van der Waals surface area (Å²) in [5.41, 5.74) is 6.94. The van der Waals surface area contributed by atoms with Crippen molar-refractivity contribution in [2.75, 3.05) is 19.6 Å². The number of benzene rings is 1. The molecule has 88 valence electrons. The summed E-state index contributed by atoms with van der Waals surface area (Å²) in [5, 5.41) is 0.799. The highest BCUT2D eigenvalue weighted by Gasteiger charge is 2.21. The molecule has 4 heteroatoms. The molecule has 1 atom stereocenters. The van der Waals surface area contributed by atoms with Gasteiger partial charge in [0, 0.05) is 22.6 Å². The summed E-state index contributed by atoms with van der Waals surface area (Å²) in [6.07, 6.45) is 1.22. The van der Waals surface area contributed by atoms with Gasteiger partial charge in [-0.25, -0.2) is 0 Å². The average Bonchev–Trinajstić information content (AvgIpc) is 2.71. The lowest BCUT2D eigenvalue weighted by Crippen LogP contribution is -2.22. The zero-order valence-corrected chi connectivity index (χ0v) is 11.5. The summed E-state index contributed by atoms with van der Waals surface area (Å²) >= 11 is 9.56. The molecule has 2 nitrogen and oxygen atoms in total. The fraction of sp³-hybridized carbons (Fsp3) is 0.500. The second-order valence-corrected chi connectivity index (χ2v) is 5.65. The normalized spacial score (nSPS) is 21.6. The summed E-state index contributed by atoms with van der Waals surface area (Å²) in [4.78, 5) is 2.44. The Morgan fingerprint density at radius 2 is 2.31 bits per heavy atom. The van der Waals surface area contributed by atoms with Gasteiger partial charge in [-0.15, -0.1) is 0 Å². The zero-order valence-electron chi connectivity index (χ0n) is 9.13. The van der Waals surface area contributed by atoms with Crippen LogP contribution < -0.4 is 5.73 Å². The Bertz CT molecular complexity index is 370. The van der Waals surface area contributed by atoms with Crippen molar-refractivity contribution >= 4 is 27.5 Å². The SMILES string of the molecule is NCC1CCN(Cc2cc(Cl)ccc2Br)C1. The average molecular weight is 304 g/mol. The van der Waals surface area contributed by atoms with Crippen LogP contribution in [-0.2, 0) is 6.54 Å². The minimum absolute atomic E-state index is 0.665. The molecule has 1 aliphatic heterocycles. The van der Waals surface area contributed by atoms with Crippen molar-refractivity contribution in [3.05, 3.63) is 33.3 Å². The molecule has 2 rings (SSSR count). The minimum Gasteiger partial charge on any atom is -0.330 e. The first kappa shape index (κ1) is 12.4. The molecule has 1 saturated heterocycles. The topological polar surface area (TPSA) is 29.3 Å². The van der Waals surface area contributed by atoms with Crippen LogP contribution in [0.4, 0.5) is 0 Å². The maximum atomic E-state index is 6.00. The summed E-state index contributed by atoms with van der Waals surface area (Å²) in [5.74, 6) is 0.665. The predicted octanol–water partition coefficient (Wildman–Crippen LogP) is 2.88. The number of halogens is 2. The fourth-order valence-electron chi connectivity index (χ4n) is 2.15. The number of rotatable bonds is 3. The largest absolute Gasteiger partial charge is 0.330 e. The van der Waals surface area contributed by atoms with Crippen LogP contribution >= 0.6 is 27.5 Å². The van der Waals surface area contributed by atoms with Crippen LogP contribution in [0.15, 0.2) is 22.7 Å². The van der Waals surface area contributed by atoms with Crippen molar-refractivity contribution in [1.82, 2.24) is 4.90 Å². The van der Waals surface area contributed by atoms with Crippen molar-refractivity contribution in [2.45, 2.75) is 13.0 Å². The number of hydrogen-bond donors (Lipinski definition) is 1. The molecular formula is C12H16BrClN2. The first-order chi connectivity index (χ1) is 7.69. The molecule has 1 aromatic rings. The lowest BCUT2D eigenvalue weighted by molar-refractivity contribution is 0.317. The lowest BCUT2D eigenvalue weighted by Gasteiger charge is -2.16. The molecule has 0 amide bonds. The predicted molar refractivity (Wildman–Crippen MR) is 71.6 cm³/mol. The molecule has 0 aromatic heterocycles. The Morgan fingerprint density at radius 1 is 1.50 bits per heavy atom. The molecule has 0 spiro atoms. The van der Waals surface area contributed by atoms with Crippen LogP contribution in [0.3, 0.4) is 0 Å². The second-order valence-electron chi connectivity index (χ2n) is 4.36. The third-order valence-corrected chi connectivity index (χ3v) is 4.11. The van der Waals surface area contributed by atoms with Gasteiger partial charge in [-0.1, -0.05) is 27.5 Å². The Labute approximate surface area is 110 Å². The summed E-state index contributed by atoms with van der Waals surface area (Å²) in [6.45, 7) is 4.00. The standard InChI is InChI=1S/C12H16BrClN2/c13-12-2-1-11(14)5-10(12)8-16-4-3-9(6-15)7-16/h1-2,5,9H,3-4,6-8,15H2. The summed E-state index contributed by atoms with van der Waals surface area (Å²) in [6, 6.07) is 5.94. The highest BCUT2D eigenvalue weighted by Crippen LogP contribution is 2.25. The molecule has 0 radical (unpaired) electrons. The molecule has 1 heterocycles. The van der Waals surface area contributed by atoms with E-state index in [1.54, 1.807) is 0 Å². The fourth-order valence-corrected chi connectivity index (χ4v) is 2.72. The van der Waals surface area contributed by atoms with Crippen molar-refractivity contribution < 1.29 is 0 Å². The summed E-state index contributed by atoms with van der Waals surface area (Å²) < 4.78 is 1.13. The Kier molecular flexibility index (Phi) is 4.25. The molecule has 1 fully saturated rings. The van der Waals surface area contributed by atoms with E-state index in [4.69, 9.17) is 17.3 Å². The van der Waals surface area contributed by atoms with Crippen molar-refractivity contribution in [3.63, 3.8) is 0 Å². The van der Waals surface area contributed by atoms with E-state index in [0.717, 1.165) is 35.7 Å². The Morgan fingerprint density at radius 3 is 3.00 bits per heavy atom. The molecule has 2 N–H and O–H groups in total. The first-order valence-electron chi connectivity index (χ1n) is 5.55. The number of hydrogen-bond acceptors (Lipinski definition) is 2. The Hall–Kier alpha value is -0.0900. The van der Waals surface area contributed by atoms with E-state index in [2.05, 4.69) is 20.8 Å². The molecule has 0 bridgehead atoms. The van der Waals surface area contributed by atoms with E-state index < -0.39 is 0 Å². The number of likely N-dealkylation sites (tertiary alicyclic amines) is 1. The van der Waals surface area contributed by atoms with Gasteiger partial charge in [0.25, 0.3) is 0 Å². The second kappa shape index (κ2) is 5.50. The third kappa shape index (κ3) is 2.98. The van der Waals surface area contributed by atoms with Crippen molar-refractivity contribution in [1.29, 1.82) is 0 Å². The number of nitrogens with zero attached hydrogens (tertiary/aromatic N) is 1. The zero-order chi connectivity index (χ0) is 11.5. The molecule has 16 heavy (non-hydrogen) atoms. The molecule has 1 aromatic carbocycles. The molecule has 0 saturated carbocycles. The van der Waals surface area contributed by atoms with E-state index in [-0.39, 0.29) is 0 Å². The smallest absolute Gasteiger partial charge is 0.0410 e. The van der Waals surface area contributed by atoms with Crippen LogP contribution in [-0.4, -0.2) is 24.5 Å². The maximum absolute atomic E-state index is 6.00. The summed E-state index contributed by atoms with van der Waals surface area (Å²) in [7, 11) is 0. The Balaban J connectivity index is 2.01. The van der Waals surface area contributed by atoms with E-state index in [9.17, 15) is 0 Å². The van der Waals surface area contributed by atoms with Crippen LogP contribution in [0.2, 0.25) is 5.02 Å². The highest BCUT2D eigenvalue weighted by molar-refractivity contribution is 9.10. The van der Waals surface area contributed by atoms with Gasteiger partial charge >= 0.3 is 0 Å². The van der Waals surface area contributed by atoms with Crippen LogP contribution in [0.1, 0.15) is 12.0 Å². The first-order valence-corrected chi connectivity index (χ1v) is 6.72. The van der Waals surface area contributed by atoms with Gasteiger partial charge in [-0.05, 0) is 49.2 Å². The van der Waals surface area contributed by atoms with Crippen molar-refractivity contribution in [3.8, 4) is 0 Å². The quantitative estimate of drug-likeness (QED) is 0.930. The molecular weight excluding hydrogens is 288 g/mol. The van der Waals surface area contributed by atoms with E-state index in [0.29, 0.717) is 5.92 Å². The van der Waals surface area contributed by atoms with Crippen LogP contribution in [0, 0.1) is 5.92 Å². The van der Waals surface area contributed by atoms with Gasteiger partial charge in [0.1, 0.15) is 0 Å². The van der Waals surface area contributed by atoms with Crippen molar-refractivity contribution in [2.24, 2.45) is 11.7 Å². The minimum atomic E-state index is 0.665. The number of nitrogens with two attached hydrogens (primary N) is 1. The van der Waals surface area contributed by atoms with Gasteiger partial charge < -0.3 is 5.73 Å². The lowest BCUT2D eigenvalue weighted by atomic mass is 10.1. The third-order valence-electron chi connectivity index (χ3n) is 3.11. The maximum Gasteiger partial charge on any atom is 0.0410 e. The van der Waals surface area contributed by atoms with Crippen LogP contribution in [0.25, 0.3) is 0 Å². The van der Waals surface area contributed by atoms with E-state index in [1.807, 2.05) is 18.2 Å². The van der Waals surface area contributed by atoms with Gasteiger partial charge in [-0.2, -0.15) is 0 Å². The van der Waals surface area contributed by atoms with E-state index >= 15 is 0 Å². The van der Waals surface area contributed by atoms with E-state index in [1.165, 1.54) is 12.0 Å². The monoisotopic (exact) mass is 302 g/mol. The van der Waals surface area contributed by atoms with Gasteiger partial charge in [0.2, 0.25) is 0 Å². The van der Waals surface area contributed by atoms with Crippen LogP contribution in [0.5, 0.6) is 0 Å². The van der Waals surface area contributed by atoms with Gasteiger partial charge in [0.15, 0.2) is 0 Å². The van der Waals surface area contributed by atoms with Gasteiger partial charge in [-0.3, -0.25) is 4.90 Å².